The van der Waals surface area contributed by atoms with Crippen LogP contribution in [0.4, 0.5) is 0 Å². The highest BCUT2D eigenvalue weighted by Gasteiger charge is 2.46. The van der Waals surface area contributed by atoms with Crippen molar-refractivity contribution in [3.05, 3.63) is 0 Å². The number of aliphatic hydroxyl groups is 2. The lowest BCUT2D eigenvalue weighted by Gasteiger charge is -2.39. The van der Waals surface area contributed by atoms with Crippen LogP contribution in [0.3, 0.4) is 0 Å². The summed E-state index contributed by atoms with van der Waals surface area (Å²) in [5.41, 5.74) is 0. The maximum atomic E-state index is 10.0. The van der Waals surface area contributed by atoms with Gasteiger partial charge in [0.05, 0.1) is 6.10 Å². The summed E-state index contributed by atoms with van der Waals surface area (Å²) in [7, 11) is -1.84. The molecule has 28 heavy (non-hydrogen) atoms. The lowest BCUT2D eigenvalue weighted by molar-refractivity contribution is -0.197. The smallest absolute Gasteiger partial charge is 0.191 e. The summed E-state index contributed by atoms with van der Waals surface area (Å²) in [6, 6.07) is 0. The van der Waals surface area contributed by atoms with Gasteiger partial charge in [0.15, 0.2) is 14.6 Å². The molecule has 2 N–H and O–H groups in total. The molecule has 2 fully saturated rings. The predicted molar refractivity (Wildman–Crippen MR) is 115 cm³/mol. The van der Waals surface area contributed by atoms with Gasteiger partial charge in [-0.05, 0) is 68.5 Å². The quantitative estimate of drug-likeness (QED) is 0.410. The summed E-state index contributed by atoms with van der Waals surface area (Å²) >= 11 is 0. The molecule has 2 aliphatic rings. The summed E-state index contributed by atoms with van der Waals surface area (Å²) in [5.74, 6) is 0.922. The highest BCUT2D eigenvalue weighted by atomic mass is 28.4. The molecule has 1 aliphatic heterocycles. The average Bonchev–Trinajstić information content (AvgIpc) is 2.97. The van der Waals surface area contributed by atoms with Gasteiger partial charge < -0.3 is 24.1 Å². The lowest BCUT2D eigenvalue weighted by atomic mass is 9.85. The van der Waals surface area contributed by atoms with Crippen LogP contribution < -0.4 is 0 Å². The van der Waals surface area contributed by atoms with Crippen LogP contribution in [0.25, 0.3) is 0 Å². The largest absolute Gasteiger partial charge is 0.416 e. The van der Waals surface area contributed by atoms with Crippen molar-refractivity contribution in [2.24, 2.45) is 17.8 Å². The van der Waals surface area contributed by atoms with Gasteiger partial charge in [-0.15, -0.1) is 0 Å². The number of unbranched alkanes of at least 4 members (excludes halogenated alkanes) is 1. The fraction of sp³-hybridized carbons (Fsp3) is 1.00. The van der Waals surface area contributed by atoms with Crippen LogP contribution in [-0.4, -0.2) is 57.4 Å². The fourth-order valence-electron chi connectivity index (χ4n) is 4.35. The summed E-state index contributed by atoms with van der Waals surface area (Å²) in [6.45, 7) is 13.3. The standard InChI is InChI=1S/C22H44O5Si/c1-22(2,3)28(4,5)26-16-19-18(10-6-8-12-23)17(15-24)14-20(19)27-21-11-7-9-13-25-21/h17-21,23-24H,6-16H2,1-5H3/t17-,18+,19-,20-,21?/m0/s1. The van der Waals surface area contributed by atoms with Crippen molar-refractivity contribution in [1.82, 2.24) is 0 Å². The molecular weight excluding hydrogens is 372 g/mol. The minimum atomic E-state index is -1.84. The molecule has 0 aromatic rings. The van der Waals surface area contributed by atoms with Gasteiger partial charge in [0.2, 0.25) is 0 Å². The molecule has 1 saturated heterocycles. The van der Waals surface area contributed by atoms with E-state index in [1.807, 2.05) is 0 Å². The Morgan fingerprint density at radius 2 is 1.82 bits per heavy atom. The molecule has 0 amide bonds. The zero-order valence-corrected chi connectivity index (χ0v) is 19.8. The molecule has 6 heteroatoms. The molecule has 1 aliphatic carbocycles. The number of ether oxygens (including phenoxy) is 2. The minimum Gasteiger partial charge on any atom is -0.416 e. The topological polar surface area (TPSA) is 68.2 Å². The van der Waals surface area contributed by atoms with Crippen molar-refractivity contribution in [3.63, 3.8) is 0 Å². The number of rotatable bonds is 10. The van der Waals surface area contributed by atoms with Gasteiger partial charge in [-0.3, -0.25) is 0 Å². The highest BCUT2D eigenvalue weighted by Crippen LogP contribution is 2.44. The van der Waals surface area contributed by atoms with Crippen LogP contribution in [0.5, 0.6) is 0 Å². The van der Waals surface area contributed by atoms with E-state index in [0.717, 1.165) is 51.6 Å². The first-order valence-electron chi connectivity index (χ1n) is 11.3. The second-order valence-corrected chi connectivity index (χ2v) is 15.1. The van der Waals surface area contributed by atoms with Gasteiger partial charge in [0.25, 0.3) is 0 Å². The Hall–Kier alpha value is 0.0169. The second-order valence-electron chi connectivity index (χ2n) is 10.3. The molecule has 0 aromatic heterocycles. The molecule has 1 unspecified atom stereocenters. The third-order valence-corrected chi connectivity index (χ3v) is 11.8. The molecule has 166 valence electrons. The first-order chi connectivity index (χ1) is 13.2. The third-order valence-electron chi connectivity index (χ3n) is 7.26. The minimum absolute atomic E-state index is 0.0872. The number of aliphatic hydroxyl groups excluding tert-OH is 2. The Morgan fingerprint density at radius 3 is 2.39 bits per heavy atom. The summed E-state index contributed by atoms with van der Waals surface area (Å²) in [6.07, 6.45) is 6.92. The Bertz CT molecular complexity index is 445. The van der Waals surface area contributed by atoms with Crippen molar-refractivity contribution in [2.45, 2.75) is 96.2 Å². The van der Waals surface area contributed by atoms with Crippen LogP contribution >= 0.6 is 0 Å². The molecule has 0 bridgehead atoms. The molecule has 2 rings (SSSR count). The van der Waals surface area contributed by atoms with E-state index >= 15 is 0 Å². The van der Waals surface area contributed by atoms with Crippen LogP contribution in [0.2, 0.25) is 18.1 Å². The van der Waals surface area contributed by atoms with Crippen LogP contribution in [0, 0.1) is 17.8 Å². The Labute approximate surface area is 173 Å². The van der Waals surface area contributed by atoms with Crippen LogP contribution in [0.1, 0.15) is 65.7 Å². The third kappa shape index (κ3) is 6.51. The zero-order chi connectivity index (χ0) is 20.8. The van der Waals surface area contributed by atoms with Gasteiger partial charge in [-0.2, -0.15) is 0 Å². The molecule has 0 radical (unpaired) electrons. The molecule has 0 aromatic carbocycles. The van der Waals surface area contributed by atoms with Crippen molar-refractivity contribution in [3.8, 4) is 0 Å². The second kappa shape index (κ2) is 10.9. The van der Waals surface area contributed by atoms with E-state index in [4.69, 9.17) is 13.9 Å². The van der Waals surface area contributed by atoms with E-state index in [9.17, 15) is 10.2 Å². The van der Waals surface area contributed by atoms with E-state index in [0.29, 0.717) is 12.5 Å². The van der Waals surface area contributed by atoms with Gasteiger partial charge in [-0.25, -0.2) is 0 Å². The average molecular weight is 417 g/mol. The summed E-state index contributed by atoms with van der Waals surface area (Å²) < 4.78 is 18.9. The number of hydrogen-bond acceptors (Lipinski definition) is 5. The maximum absolute atomic E-state index is 10.0. The monoisotopic (exact) mass is 416 g/mol. The molecule has 1 heterocycles. The van der Waals surface area contributed by atoms with Gasteiger partial charge >= 0.3 is 0 Å². The zero-order valence-electron chi connectivity index (χ0n) is 18.8. The molecular formula is C22H44O5Si. The summed E-state index contributed by atoms with van der Waals surface area (Å²) in [4.78, 5) is 0. The number of hydrogen-bond donors (Lipinski definition) is 2. The van der Waals surface area contributed by atoms with E-state index in [2.05, 4.69) is 33.9 Å². The van der Waals surface area contributed by atoms with Gasteiger partial charge in [0, 0.05) is 32.3 Å². The molecule has 5 nitrogen and oxygen atoms in total. The van der Waals surface area contributed by atoms with Crippen LogP contribution in [0.15, 0.2) is 0 Å². The van der Waals surface area contributed by atoms with Crippen molar-refractivity contribution in [1.29, 1.82) is 0 Å². The summed E-state index contributed by atoms with van der Waals surface area (Å²) in [5, 5.41) is 19.4. The van der Waals surface area contributed by atoms with E-state index in [-0.39, 0.29) is 42.5 Å². The molecule has 0 spiro atoms. The van der Waals surface area contributed by atoms with E-state index in [1.54, 1.807) is 0 Å². The highest BCUT2D eigenvalue weighted by molar-refractivity contribution is 6.74. The maximum Gasteiger partial charge on any atom is 0.191 e. The fourth-order valence-corrected chi connectivity index (χ4v) is 5.39. The van der Waals surface area contributed by atoms with Crippen molar-refractivity contribution < 1.29 is 24.1 Å². The van der Waals surface area contributed by atoms with Crippen molar-refractivity contribution in [2.75, 3.05) is 26.4 Å². The Morgan fingerprint density at radius 1 is 1.07 bits per heavy atom. The molecule has 1 saturated carbocycles. The molecule has 5 atom stereocenters. The van der Waals surface area contributed by atoms with Gasteiger partial charge in [-0.1, -0.05) is 27.2 Å². The first-order valence-corrected chi connectivity index (χ1v) is 14.2. The van der Waals surface area contributed by atoms with Gasteiger partial charge in [0.1, 0.15) is 0 Å². The lowest BCUT2D eigenvalue weighted by Crippen LogP contribution is -2.44. The predicted octanol–water partition coefficient (Wildman–Crippen LogP) is 4.33. The first kappa shape index (κ1) is 24.3. The van der Waals surface area contributed by atoms with E-state index < -0.39 is 8.32 Å². The SMILES string of the molecule is CC(C)(C)[Si](C)(C)OC[C@H]1[C@H](CCCCO)[C@H](CO)C[C@@H]1OC1CCCCO1. The Balaban J connectivity index is 2.09. The van der Waals surface area contributed by atoms with Crippen molar-refractivity contribution >= 4 is 8.32 Å². The Kier molecular flexibility index (Phi) is 9.43. The normalized spacial score (nSPS) is 32.0. The van der Waals surface area contributed by atoms with E-state index in [1.165, 1.54) is 0 Å². The van der Waals surface area contributed by atoms with Crippen LogP contribution in [-0.2, 0) is 13.9 Å².